The zero-order valence-corrected chi connectivity index (χ0v) is 9.72. The highest BCUT2D eigenvalue weighted by Crippen LogP contribution is 2.21. The summed E-state index contributed by atoms with van der Waals surface area (Å²) in [5, 5.41) is 9.96. The summed E-state index contributed by atoms with van der Waals surface area (Å²) < 4.78 is 10.1. The lowest BCUT2D eigenvalue weighted by Gasteiger charge is -2.14. The van der Waals surface area contributed by atoms with Crippen LogP contribution in [0, 0.1) is 0 Å². The van der Waals surface area contributed by atoms with Crippen molar-refractivity contribution in [1.29, 1.82) is 0 Å². The quantitative estimate of drug-likeness (QED) is 0.594. The molecule has 0 amide bonds. The molecule has 1 atom stereocenters. The number of allylic oxidation sites excluding steroid dienone is 1. The molecule has 88 valence electrons. The zero-order valence-electron chi connectivity index (χ0n) is 9.72. The Bertz CT molecular complexity index is 319. The topological polar surface area (TPSA) is 38.7 Å². The largest absolute Gasteiger partial charge is 0.472 e. The first-order valence-electron chi connectivity index (χ1n) is 5.28. The normalized spacial score (nSPS) is 13.6. The Morgan fingerprint density at radius 1 is 1.38 bits per heavy atom. The molecular weight excluding hydrogens is 204 g/mol. The molecule has 3 nitrogen and oxygen atoms in total. The SMILES string of the molecule is C/C=C(/CC(O)c1ccccc1)OCOC. The average molecular weight is 222 g/mol. The first kappa shape index (κ1) is 12.7. The number of rotatable bonds is 6. The summed E-state index contributed by atoms with van der Waals surface area (Å²) in [6.45, 7) is 2.09. The van der Waals surface area contributed by atoms with Gasteiger partial charge in [0.05, 0.1) is 11.9 Å². The van der Waals surface area contributed by atoms with E-state index in [1.165, 1.54) is 0 Å². The van der Waals surface area contributed by atoms with Crippen molar-refractivity contribution in [2.45, 2.75) is 19.4 Å². The van der Waals surface area contributed by atoms with Crippen LogP contribution in [0.2, 0.25) is 0 Å². The van der Waals surface area contributed by atoms with Gasteiger partial charge < -0.3 is 14.6 Å². The van der Waals surface area contributed by atoms with E-state index in [0.29, 0.717) is 6.42 Å². The Balaban J connectivity index is 2.53. The fourth-order valence-corrected chi connectivity index (χ4v) is 1.38. The molecular formula is C13H18O3. The third-order valence-electron chi connectivity index (χ3n) is 2.26. The van der Waals surface area contributed by atoms with Gasteiger partial charge in [-0.05, 0) is 18.6 Å². The molecule has 0 saturated heterocycles. The molecule has 0 heterocycles. The molecule has 0 bridgehead atoms. The third kappa shape index (κ3) is 4.04. The van der Waals surface area contributed by atoms with E-state index in [9.17, 15) is 5.11 Å². The molecule has 0 fully saturated rings. The van der Waals surface area contributed by atoms with E-state index in [1.54, 1.807) is 7.11 Å². The number of ether oxygens (including phenoxy) is 2. The van der Waals surface area contributed by atoms with Crippen LogP contribution in [0.15, 0.2) is 42.2 Å². The van der Waals surface area contributed by atoms with E-state index in [1.807, 2.05) is 43.3 Å². The van der Waals surface area contributed by atoms with Gasteiger partial charge in [-0.3, -0.25) is 0 Å². The van der Waals surface area contributed by atoms with Crippen molar-refractivity contribution >= 4 is 0 Å². The van der Waals surface area contributed by atoms with Crippen LogP contribution in [0.1, 0.15) is 25.0 Å². The number of methoxy groups -OCH3 is 1. The molecule has 0 radical (unpaired) electrons. The molecule has 1 aromatic rings. The van der Waals surface area contributed by atoms with E-state index < -0.39 is 6.10 Å². The van der Waals surface area contributed by atoms with E-state index >= 15 is 0 Å². The number of benzene rings is 1. The molecule has 1 N–H and O–H groups in total. The maximum atomic E-state index is 9.96. The molecule has 0 spiro atoms. The minimum Gasteiger partial charge on any atom is -0.472 e. The number of aliphatic hydroxyl groups excluding tert-OH is 1. The Labute approximate surface area is 96.3 Å². The van der Waals surface area contributed by atoms with Crippen LogP contribution < -0.4 is 0 Å². The van der Waals surface area contributed by atoms with Crippen molar-refractivity contribution in [1.82, 2.24) is 0 Å². The first-order valence-corrected chi connectivity index (χ1v) is 5.28. The Morgan fingerprint density at radius 3 is 2.62 bits per heavy atom. The minimum absolute atomic E-state index is 0.210. The van der Waals surface area contributed by atoms with Gasteiger partial charge in [-0.25, -0.2) is 0 Å². The molecule has 0 saturated carbocycles. The van der Waals surface area contributed by atoms with Gasteiger partial charge in [0.1, 0.15) is 0 Å². The molecule has 16 heavy (non-hydrogen) atoms. The highest BCUT2D eigenvalue weighted by atomic mass is 16.7. The minimum atomic E-state index is -0.538. The van der Waals surface area contributed by atoms with Crippen LogP contribution in [0.25, 0.3) is 0 Å². The van der Waals surface area contributed by atoms with Gasteiger partial charge >= 0.3 is 0 Å². The van der Waals surface area contributed by atoms with Crippen LogP contribution in [0.5, 0.6) is 0 Å². The van der Waals surface area contributed by atoms with Crippen LogP contribution in [-0.2, 0) is 9.47 Å². The van der Waals surface area contributed by atoms with Crippen molar-refractivity contribution in [2.24, 2.45) is 0 Å². The van der Waals surface area contributed by atoms with Crippen LogP contribution in [0.3, 0.4) is 0 Å². The van der Waals surface area contributed by atoms with Crippen LogP contribution in [-0.4, -0.2) is 19.0 Å². The highest BCUT2D eigenvalue weighted by molar-refractivity contribution is 5.18. The molecule has 3 heteroatoms. The monoisotopic (exact) mass is 222 g/mol. The Kier molecular flexibility index (Phi) is 5.61. The van der Waals surface area contributed by atoms with Crippen LogP contribution >= 0.6 is 0 Å². The predicted molar refractivity (Wildman–Crippen MR) is 62.7 cm³/mol. The van der Waals surface area contributed by atoms with E-state index in [4.69, 9.17) is 9.47 Å². The zero-order chi connectivity index (χ0) is 11.8. The third-order valence-corrected chi connectivity index (χ3v) is 2.26. The van der Waals surface area contributed by atoms with Gasteiger partial charge in [-0.1, -0.05) is 30.3 Å². The van der Waals surface area contributed by atoms with Crippen LogP contribution in [0.4, 0.5) is 0 Å². The summed E-state index contributed by atoms with van der Waals surface area (Å²) in [4.78, 5) is 0. The van der Waals surface area contributed by atoms with Gasteiger partial charge in [-0.2, -0.15) is 0 Å². The first-order chi connectivity index (χ1) is 7.77. The second kappa shape index (κ2) is 7.04. The van der Waals surface area contributed by atoms with E-state index in [0.717, 1.165) is 11.3 Å². The van der Waals surface area contributed by atoms with Gasteiger partial charge in [0.2, 0.25) is 0 Å². The Hall–Kier alpha value is -1.32. The van der Waals surface area contributed by atoms with Gasteiger partial charge in [0.15, 0.2) is 6.79 Å². The maximum absolute atomic E-state index is 9.96. The number of hydrogen-bond acceptors (Lipinski definition) is 3. The number of aliphatic hydroxyl groups is 1. The van der Waals surface area contributed by atoms with Gasteiger partial charge in [0, 0.05) is 13.5 Å². The highest BCUT2D eigenvalue weighted by Gasteiger charge is 2.10. The fraction of sp³-hybridized carbons (Fsp3) is 0.385. The second-order valence-corrected chi connectivity index (χ2v) is 3.44. The van der Waals surface area contributed by atoms with Crippen molar-refractivity contribution in [2.75, 3.05) is 13.9 Å². The van der Waals surface area contributed by atoms with Crippen molar-refractivity contribution < 1.29 is 14.6 Å². The van der Waals surface area contributed by atoms with Crippen molar-refractivity contribution in [3.05, 3.63) is 47.7 Å². The second-order valence-electron chi connectivity index (χ2n) is 3.44. The van der Waals surface area contributed by atoms with Crippen molar-refractivity contribution in [3.8, 4) is 0 Å². The Morgan fingerprint density at radius 2 is 2.06 bits per heavy atom. The molecule has 1 unspecified atom stereocenters. The van der Waals surface area contributed by atoms with Gasteiger partial charge in [-0.15, -0.1) is 0 Å². The lowest BCUT2D eigenvalue weighted by atomic mass is 10.1. The van der Waals surface area contributed by atoms with Gasteiger partial charge in [0.25, 0.3) is 0 Å². The molecule has 0 aliphatic carbocycles. The molecule has 0 aliphatic rings. The lowest BCUT2D eigenvalue weighted by molar-refractivity contribution is -0.00440. The molecule has 1 aromatic carbocycles. The maximum Gasteiger partial charge on any atom is 0.188 e. The smallest absolute Gasteiger partial charge is 0.188 e. The fourth-order valence-electron chi connectivity index (χ4n) is 1.38. The average Bonchev–Trinajstić information content (AvgIpc) is 2.35. The summed E-state index contributed by atoms with van der Waals surface area (Å²) in [5.74, 6) is 0.734. The van der Waals surface area contributed by atoms with Crippen molar-refractivity contribution in [3.63, 3.8) is 0 Å². The van der Waals surface area contributed by atoms with E-state index in [-0.39, 0.29) is 6.79 Å². The predicted octanol–water partition coefficient (Wildman–Crippen LogP) is 2.63. The summed E-state index contributed by atoms with van der Waals surface area (Å²) >= 11 is 0. The summed E-state index contributed by atoms with van der Waals surface area (Å²) in [5.41, 5.74) is 0.892. The number of hydrogen-bond donors (Lipinski definition) is 1. The summed E-state index contributed by atoms with van der Waals surface area (Å²) in [7, 11) is 1.57. The molecule has 0 aliphatic heterocycles. The summed E-state index contributed by atoms with van der Waals surface area (Å²) in [6, 6.07) is 9.53. The standard InChI is InChI=1S/C13H18O3/c1-3-12(16-10-15-2)9-13(14)11-7-5-4-6-8-11/h3-8,13-14H,9-10H2,1-2H3/b12-3-. The summed E-state index contributed by atoms with van der Waals surface area (Å²) in [6.07, 6.45) is 1.76. The molecule has 0 aromatic heterocycles. The lowest BCUT2D eigenvalue weighted by Crippen LogP contribution is -2.03. The van der Waals surface area contributed by atoms with E-state index in [2.05, 4.69) is 0 Å². The molecule has 1 rings (SSSR count).